The van der Waals surface area contributed by atoms with Crippen molar-refractivity contribution in [3.05, 3.63) is 55.6 Å². The molecule has 0 amide bonds. The van der Waals surface area contributed by atoms with Crippen molar-refractivity contribution in [1.82, 2.24) is 14.8 Å². The third-order valence-corrected chi connectivity index (χ3v) is 3.21. The zero-order valence-corrected chi connectivity index (χ0v) is 10.7. The molecule has 2 aromatic rings. The van der Waals surface area contributed by atoms with Gasteiger partial charge in [-0.15, -0.1) is 0 Å². The van der Waals surface area contributed by atoms with Gasteiger partial charge >= 0.3 is 0 Å². The summed E-state index contributed by atoms with van der Waals surface area (Å²) in [4.78, 5) is 15.6. The van der Waals surface area contributed by atoms with E-state index in [1.54, 1.807) is 12.3 Å². The molecule has 4 nitrogen and oxygen atoms in total. The monoisotopic (exact) mass is 289 g/mol. The van der Waals surface area contributed by atoms with Crippen LogP contribution in [0.25, 0.3) is 0 Å². The molecule has 0 radical (unpaired) electrons. The minimum absolute atomic E-state index is 0.0492. The first-order valence-corrected chi connectivity index (χ1v) is 5.72. The lowest BCUT2D eigenvalue weighted by atomic mass is 10.3. The summed E-state index contributed by atoms with van der Waals surface area (Å²) in [5.41, 5.74) is 0.279. The van der Waals surface area contributed by atoms with E-state index in [0.29, 0.717) is 5.02 Å². The summed E-state index contributed by atoms with van der Waals surface area (Å²) >= 11 is 17.3. The number of pyridine rings is 1. The molecule has 0 saturated heterocycles. The summed E-state index contributed by atoms with van der Waals surface area (Å²) in [5, 5.41) is 4.43. The highest BCUT2D eigenvalue weighted by Gasteiger charge is 2.09. The van der Waals surface area contributed by atoms with Gasteiger partial charge in [0.25, 0.3) is 5.56 Å². The Balaban J connectivity index is 2.41. The van der Waals surface area contributed by atoms with Gasteiger partial charge in [0.05, 0.1) is 22.8 Å². The van der Waals surface area contributed by atoms with Gasteiger partial charge in [-0.05, 0) is 11.6 Å². The standard InChI is InChI=1S/C10H6Cl3N3O/c11-7-3-14-2-1-6(7)5-16-10(17)9(13)8(12)4-15-16/h1-4H,5H2. The first kappa shape index (κ1) is 12.4. The maximum atomic E-state index is 11.7. The van der Waals surface area contributed by atoms with Crippen molar-refractivity contribution in [1.29, 1.82) is 0 Å². The molecule has 0 bridgehead atoms. The van der Waals surface area contributed by atoms with Gasteiger partial charge in [0.2, 0.25) is 0 Å². The van der Waals surface area contributed by atoms with Crippen LogP contribution in [0.1, 0.15) is 5.56 Å². The van der Waals surface area contributed by atoms with Crippen LogP contribution in [0.5, 0.6) is 0 Å². The quantitative estimate of drug-likeness (QED) is 0.854. The van der Waals surface area contributed by atoms with E-state index in [9.17, 15) is 4.79 Å². The summed E-state index contributed by atoms with van der Waals surface area (Å²) in [6, 6.07) is 1.71. The minimum Gasteiger partial charge on any atom is -0.266 e. The van der Waals surface area contributed by atoms with Gasteiger partial charge in [-0.25, -0.2) is 4.68 Å². The Morgan fingerprint density at radius 1 is 1.18 bits per heavy atom. The number of hydrogen-bond acceptors (Lipinski definition) is 3. The highest BCUT2D eigenvalue weighted by molar-refractivity contribution is 6.41. The first-order valence-electron chi connectivity index (χ1n) is 4.59. The van der Waals surface area contributed by atoms with Crippen LogP contribution < -0.4 is 5.56 Å². The van der Waals surface area contributed by atoms with Crippen LogP contribution in [0.3, 0.4) is 0 Å². The van der Waals surface area contributed by atoms with E-state index in [1.165, 1.54) is 17.1 Å². The molecule has 0 atom stereocenters. The average molecular weight is 291 g/mol. The minimum atomic E-state index is -0.452. The van der Waals surface area contributed by atoms with E-state index in [1.807, 2.05) is 0 Å². The second kappa shape index (κ2) is 5.04. The topological polar surface area (TPSA) is 47.8 Å². The molecular formula is C10H6Cl3N3O. The molecule has 2 rings (SSSR count). The van der Waals surface area contributed by atoms with Gasteiger partial charge in [0, 0.05) is 12.4 Å². The van der Waals surface area contributed by atoms with Gasteiger partial charge in [-0.2, -0.15) is 5.10 Å². The molecule has 0 saturated carbocycles. The molecule has 88 valence electrons. The van der Waals surface area contributed by atoms with Crippen LogP contribution in [0, 0.1) is 0 Å². The summed E-state index contributed by atoms with van der Waals surface area (Å²) < 4.78 is 1.19. The third kappa shape index (κ3) is 2.60. The van der Waals surface area contributed by atoms with Gasteiger partial charge in [0.1, 0.15) is 5.02 Å². The molecule has 2 aromatic heterocycles. The van der Waals surface area contributed by atoms with E-state index >= 15 is 0 Å². The smallest absolute Gasteiger partial charge is 0.266 e. The first-order chi connectivity index (χ1) is 8.09. The summed E-state index contributed by atoms with van der Waals surface area (Å²) in [7, 11) is 0. The predicted octanol–water partition coefficient (Wildman–Crippen LogP) is 2.65. The van der Waals surface area contributed by atoms with Crippen LogP contribution in [0.2, 0.25) is 15.1 Å². The summed E-state index contributed by atoms with van der Waals surface area (Å²) in [6.07, 6.45) is 4.41. The molecule has 7 heteroatoms. The molecule has 0 fully saturated rings. The van der Waals surface area contributed by atoms with E-state index in [2.05, 4.69) is 10.1 Å². The highest BCUT2D eigenvalue weighted by atomic mass is 35.5. The molecule has 0 N–H and O–H groups in total. The van der Waals surface area contributed by atoms with Crippen molar-refractivity contribution in [2.45, 2.75) is 6.54 Å². The van der Waals surface area contributed by atoms with E-state index < -0.39 is 5.56 Å². The second-order valence-corrected chi connectivity index (χ2v) is 4.43. The van der Waals surface area contributed by atoms with Crippen LogP contribution in [0.4, 0.5) is 0 Å². The van der Waals surface area contributed by atoms with Crippen LogP contribution in [-0.2, 0) is 6.54 Å². The molecule has 0 unspecified atom stereocenters. The highest BCUT2D eigenvalue weighted by Crippen LogP contribution is 2.17. The van der Waals surface area contributed by atoms with Crippen LogP contribution >= 0.6 is 34.8 Å². The Hall–Kier alpha value is -1.10. The number of nitrogens with zero attached hydrogens (tertiary/aromatic N) is 3. The lowest BCUT2D eigenvalue weighted by Crippen LogP contribution is -2.23. The zero-order chi connectivity index (χ0) is 12.4. The van der Waals surface area contributed by atoms with Gasteiger partial charge in [-0.1, -0.05) is 34.8 Å². The second-order valence-electron chi connectivity index (χ2n) is 3.24. The largest absolute Gasteiger partial charge is 0.287 e. The van der Waals surface area contributed by atoms with Crippen molar-refractivity contribution < 1.29 is 0 Å². The van der Waals surface area contributed by atoms with E-state index in [0.717, 1.165) is 5.56 Å². The van der Waals surface area contributed by atoms with E-state index in [-0.39, 0.29) is 16.6 Å². The number of halogens is 3. The fraction of sp³-hybridized carbons (Fsp3) is 0.100. The maximum absolute atomic E-state index is 11.7. The molecule has 0 aliphatic heterocycles. The Kier molecular flexibility index (Phi) is 3.66. The Labute approximate surface area is 112 Å². The summed E-state index contributed by atoms with van der Waals surface area (Å²) in [5.74, 6) is 0. The maximum Gasteiger partial charge on any atom is 0.287 e. The fourth-order valence-electron chi connectivity index (χ4n) is 1.25. The van der Waals surface area contributed by atoms with Gasteiger partial charge in [0.15, 0.2) is 0 Å². The Morgan fingerprint density at radius 3 is 2.65 bits per heavy atom. The lowest BCUT2D eigenvalue weighted by molar-refractivity contribution is 0.639. The zero-order valence-electron chi connectivity index (χ0n) is 8.40. The molecule has 0 aromatic carbocycles. The van der Waals surface area contributed by atoms with Crippen molar-refractivity contribution in [2.75, 3.05) is 0 Å². The Morgan fingerprint density at radius 2 is 1.94 bits per heavy atom. The van der Waals surface area contributed by atoms with Crippen molar-refractivity contribution in [3.8, 4) is 0 Å². The molecular weight excluding hydrogens is 284 g/mol. The Bertz CT molecular complexity index is 612. The molecule has 2 heterocycles. The van der Waals surface area contributed by atoms with Gasteiger partial charge < -0.3 is 0 Å². The number of hydrogen-bond donors (Lipinski definition) is 0. The van der Waals surface area contributed by atoms with E-state index in [4.69, 9.17) is 34.8 Å². The van der Waals surface area contributed by atoms with Crippen molar-refractivity contribution in [2.24, 2.45) is 0 Å². The third-order valence-electron chi connectivity index (χ3n) is 2.12. The normalized spacial score (nSPS) is 10.5. The van der Waals surface area contributed by atoms with Gasteiger partial charge in [-0.3, -0.25) is 9.78 Å². The number of aromatic nitrogens is 3. The van der Waals surface area contributed by atoms with Crippen LogP contribution in [0.15, 0.2) is 29.5 Å². The summed E-state index contributed by atoms with van der Waals surface area (Å²) in [6.45, 7) is 0.219. The molecule has 0 aliphatic carbocycles. The molecule has 0 spiro atoms. The lowest BCUT2D eigenvalue weighted by Gasteiger charge is -2.06. The number of rotatable bonds is 2. The van der Waals surface area contributed by atoms with Crippen molar-refractivity contribution in [3.63, 3.8) is 0 Å². The average Bonchev–Trinajstić information content (AvgIpc) is 2.32. The molecule has 17 heavy (non-hydrogen) atoms. The predicted molar refractivity (Wildman–Crippen MR) is 66.9 cm³/mol. The SMILES string of the molecule is O=c1c(Cl)c(Cl)cnn1Cc1ccncc1Cl. The molecule has 0 aliphatic rings. The van der Waals surface area contributed by atoms with Crippen molar-refractivity contribution >= 4 is 34.8 Å². The fourth-order valence-corrected chi connectivity index (χ4v) is 1.70. The van der Waals surface area contributed by atoms with Crippen LogP contribution in [-0.4, -0.2) is 14.8 Å².